The second-order valence-electron chi connectivity index (χ2n) is 6.17. The summed E-state index contributed by atoms with van der Waals surface area (Å²) in [5.41, 5.74) is 0.883. The normalized spacial score (nSPS) is 12.5. The molecule has 1 aromatic carbocycles. The predicted molar refractivity (Wildman–Crippen MR) is 88.0 cm³/mol. The molecule has 1 atom stereocenters. The van der Waals surface area contributed by atoms with Gasteiger partial charge in [0.2, 0.25) is 5.91 Å². The van der Waals surface area contributed by atoms with Gasteiger partial charge in [-0.3, -0.25) is 19.8 Å². The fraction of sp³-hybridized carbons (Fsp3) is 0.562. The number of benzene rings is 1. The van der Waals surface area contributed by atoms with Gasteiger partial charge in [0.1, 0.15) is 5.69 Å². The van der Waals surface area contributed by atoms with Crippen LogP contribution in [0.4, 0.5) is 11.4 Å². The first-order valence-electron chi connectivity index (χ1n) is 7.46. The molecule has 0 saturated heterocycles. The number of amides is 1. The number of rotatable bonds is 7. The Labute approximate surface area is 131 Å². The van der Waals surface area contributed by atoms with Gasteiger partial charge in [0.25, 0.3) is 5.69 Å². The number of nitrogens with zero attached hydrogens (tertiary/aromatic N) is 2. The van der Waals surface area contributed by atoms with Gasteiger partial charge in [-0.15, -0.1) is 0 Å². The number of hydrogen-bond acceptors (Lipinski definition) is 4. The molecule has 0 saturated carbocycles. The van der Waals surface area contributed by atoms with Crippen molar-refractivity contribution in [2.75, 3.05) is 18.9 Å². The number of likely N-dealkylation sites (N-methyl/N-ethyl adjacent to an activating group) is 1. The average Bonchev–Trinajstić information content (AvgIpc) is 2.39. The molecule has 1 N–H and O–H groups in total. The maximum atomic E-state index is 12.2. The van der Waals surface area contributed by atoms with Crippen molar-refractivity contribution in [3.05, 3.63) is 33.9 Å². The van der Waals surface area contributed by atoms with Crippen LogP contribution in [0.5, 0.6) is 0 Å². The fourth-order valence-corrected chi connectivity index (χ4v) is 2.39. The van der Waals surface area contributed by atoms with Crippen molar-refractivity contribution in [3.63, 3.8) is 0 Å². The van der Waals surface area contributed by atoms with Crippen LogP contribution in [-0.4, -0.2) is 35.4 Å². The zero-order chi connectivity index (χ0) is 16.9. The number of nitrogens with one attached hydrogen (secondary N) is 1. The second-order valence-corrected chi connectivity index (χ2v) is 6.17. The van der Waals surface area contributed by atoms with Crippen LogP contribution in [0.15, 0.2) is 18.2 Å². The summed E-state index contributed by atoms with van der Waals surface area (Å²) in [6.45, 7) is 8.30. The number of hydrogen-bond donors (Lipinski definition) is 1. The van der Waals surface area contributed by atoms with Gasteiger partial charge in [-0.25, -0.2) is 0 Å². The highest BCUT2D eigenvalue weighted by molar-refractivity contribution is 5.95. The predicted octanol–water partition coefficient (Wildman–Crippen LogP) is 3.21. The van der Waals surface area contributed by atoms with Gasteiger partial charge >= 0.3 is 0 Å². The molecule has 6 heteroatoms. The summed E-state index contributed by atoms with van der Waals surface area (Å²) in [6, 6.07) is 5.03. The Hall–Kier alpha value is -1.95. The van der Waals surface area contributed by atoms with Crippen molar-refractivity contribution < 1.29 is 9.72 Å². The molecule has 1 aromatic rings. The SMILES string of the molecule is Cc1cccc([N+](=O)[O-])c1NC(=O)CN(C)[C@@H](C)CC(C)C. The van der Waals surface area contributed by atoms with E-state index in [1.165, 1.54) is 6.07 Å². The minimum absolute atomic E-state index is 0.0776. The highest BCUT2D eigenvalue weighted by atomic mass is 16.6. The molecular weight excluding hydrogens is 282 g/mol. The molecule has 6 nitrogen and oxygen atoms in total. The molecule has 0 aliphatic heterocycles. The summed E-state index contributed by atoms with van der Waals surface area (Å²) in [4.78, 5) is 24.7. The average molecular weight is 307 g/mol. The quantitative estimate of drug-likeness (QED) is 0.620. The van der Waals surface area contributed by atoms with Gasteiger partial charge in [-0.1, -0.05) is 26.0 Å². The lowest BCUT2D eigenvalue weighted by Crippen LogP contribution is -2.37. The number of para-hydroxylation sites is 1. The van der Waals surface area contributed by atoms with Gasteiger partial charge in [0.05, 0.1) is 11.5 Å². The number of nitro groups is 1. The molecule has 0 fully saturated rings. The third-order valence-corrected chi connectivity index (χ3v) is 3.67. The lowest BCUT2D eigenvalue weighted by atomic mass is 10.0. The summed E-state index contributed by atoms with van der Waals surface area (Å²) in [5, 5.41) is 13.7. The first kappa shape index (κ1) is 18.1. The molecule has 0 radical (unpaired) electrons. The van der Waals surface area contributed by atoms with Crippen molar-refractivity contribution in [2.24, 2.45) is 5.92 Å². The Morgan fingerprint density at radius 2 is 2.00 bits per heavy atom. The lowest BCUT2D eigenvalue weighted by Gasteiger charge is -2.25. The standard InChI is InChI=1S/C16H25N3O3/c1-11(2)9-13(4)18(5)10-15(20)17-16-12(3)7-6-8-14(16)19(21)22/h6-8,11,13H,9-10H2,1-5H3,(H,17,20)/t13-/m0/s1. The summed E-state index contributed by atoms with van der Waals surface area (Å²) < 4.78 is 0. The molecule has 0 aliphatic carbocycles. The fourth-order valence-electron chi connectivity index (χ4n) is 2.39. The van der Waals surface area contributed by atoms with Crippen LogP contribution in [0.25, 0.3) is 0 Å². The van der Waals surface area contributed by atoms with Crippen LogP contribution in [0.1, 0.15) is 32.8 Å². The van der Waals surface area contributed by atoms with Crippen LogP contribution < -0.4 is 5.32 Å². The van der Waals surface area contributed by atoms with E-state index in [1.807, 2.05) is 11.9 Å². The van der Waals surface area contributed by atoms with E-state index in [-0.39, 0.29) is 29.9 Å². The van der Waals surface area contributed by atoms with Gasteiger partial charge in [0, 0.05) is 12.1 Å². The van der Waals surface area contributed by atoms with Crippen molar-refractivity contribution in [3.8, 4) is 0 Å². The van der Waals surface area contributed by atoms with E-state index >= 15 is 0 Å². The molecular formula is C16H25N3O3. The number of nitro benzene ring substituents is 1. The molecule has 0 unspecified atom stereocenters. The largest absolute Gasteiger partial charge is 0.319 e. The molecule has 22 heavy (non-hydrogen) atoms. The van der Waals surface area contributed by atoms with E-state index < -0.39 is 4.92 Å². The molecule has 0 bridgehead atoms. The molecule has 0 aliphatic rings. The van der Waals surface area contributed by atoms with E-state index in [0.29, 0.717) is 11.5 Å². The van der Waals surface area contributed by atoms with Gasteiger partial charge in [0.15, 0.2) is 0 Å². The van der Waals surface area contributed by atoms with Crippen molar-refractivity contribution in [1.82, 2.24) is 4.90 Å². The lowest BCUT2D eigenvalue weighted by molar-refractivity contribution is -0.384. The maximum absolute atomic E-state index is 12.2. The molecule has 122 valence electrons. The molecule has 1 rings (SSSR count). The first-order valence-corrected chi connectivity index (χ1v) is 7.46. The van der Waals surface area contributed by atoms with Crippen molar-refractivity contribution in [1.29, 1.82) is 0 Å². The Morgan fingerprint density at radius 1 is 1.36 bits per heavy atom. The van der Waals surface area contributed by atoms with Gasteiger partial charge in [-0.2, -0.15) is 0 Å². The number of carbonyl (C=O) groups excluding carboxylic acids is 1. The minimum Gasteiger partial charge on any atom is -0.319 e. The molecule has 0 spiro atoms. The summed E-state index contributed by atoms with van der Waals surface area (Å²) in [5.74, 6) is 0.313. The number of carbonyl (C=O) groups is 1. The monoisotopic (exact) mass is 307 g/mol. The Kier molecular flexibility index (Phi) is 6.49. The Morgan fingerprint density at radius 3 is 2.55 bits per heavy atom. The van der Waals surface area contributed by atoms with Crippen LogP contribution in [0.3, 0.4) is 0 Å². The van der Waals surface area contributed by atoms with Crippen LogP contribution in [-0.2, 0) is 4.79 Å². The highest BCUT2D eigenvalue weighted by Gasteiger charge is 2.19. The van der Waals surface area contributed by atoms with Gasteiger partial charge < -0.3 is 5.32 Å². The molecule has 0 aromatic heterocycles. The van der Waals surface area contributed by atoms with Crippen LogP contribution >= 0.6 is 0 Å². The van der Waals surface area contributed by atoms with E-state index in [2.05, 4.69) is 26.1 Å². The highest BCUT2D eigenvalue weighted by Crippen LogP contribution is 2.27. The van der Waals surface area contributed by atoms with Crippen LogP contribution in [0.2, 0.25) is 0 Å². The topological polar surface area (TPSA) is 75.5 Å². The van der Waals surface area contributed by atoms with Crippen molar-refractivity contribution >= 4 is 17.3 Å². The van der Waals surface area contributed by atoms with E-state index in [4.69, 9.17) is 0 Å². The number of aryl methyl sites for hydroxylation is 1. The van der Waals surface area contributed by atoms with Crippen LogP contribution in [0, 0.1) is 23.0 Å². The minimum atomic E-state index is -0.478. The smallest absolute Gasteiger partial charge is 0.293 e. The van der Waals surface area contributed by atoms with E-state index in [9.17, 15) is 14.9 Å². The molecule has 0 heterocycles. The van der Waals surface area contributed by atoms with Gasteiger partial charge in [-0.05, 0) is 38.8 Å². The second kappa shape index (κ2) is 7.89. The zero-order valence-electron chi connectivity index (χ0n) is 13.9. The third kappa shape index (κ3) is 5.11. The third-order valence-electron chi connectivity index (χ3n) is 3.67. The summed E-state index contributed by atoms with van der Waals surface area (Å²) in [7, 11) is 1.89. The van der Waals surface area contributed by atoms with Crippen molar-refractivity contribution in [2.45, 2.75) is 40.2 Å². The van der Waals surface area contributed by atoms with E-state index in [0.717, 1.165) is 6.42 Å². The summed E-state index contributed by atoms with van der Waals surface area (Å²) >= 11 is 0. The van der Waals surface area contributed by atoms with E-state index in [1.54, 1.807) is 19.1 Å². The first-order chi connectivity index (χ1) is 10.2. The molecule has 1 amide bonds. The summed E-state index contributed by atoms with van der Waals surface area (Å²) in [6.07, 6.45) is 0.994. The Balaban J connectivity index is 2.76. The zero-order valence-corrected chi connectivity index (χ0v) is 13.9. The number of anilines is 1. The Bertz CT molecular complexity index is 543. The maximum Gasteiger partial charge on any atom is 0.293 e.